The van der Waals surface area contributed by atoms with Crippen LogP contribution in [0.15, 0.2) is 27.6 Å². The number of benzene rings is 1. The van der Waals surface area contributed by atoms with Gasteiger partial charge in [-0.25, -0.2) is 0 Å². The molecule has 0 fully saturated rings. The van der Waals surface area contributed by atoms with Crippen LogP contribution in [-0.4, -0.2) is 18.6 Å². The number of amides is 1. The summed E-state index contributed by atoms with van der Waals surface area (Å²) in [5, 5.41) is 2.44. The Bertz CT molecular complexity index is 437. The predicted octanol–water partition coefficient (Wildman–Crippen LogP) is 3.81. The third kappa shape index (κ3) is 5.30. The van der Waals surface area contributed by atoms with Gasteiger partial charge in [0.25, 0.3) is 5.91 Å². The molecule has 100 valence electrons. The Kier molecular flexibility index (Phi) is 5.52. The first kappa shape index (κ1) is 15.4. The lowest BCUT2D eigenvalue weighted by molar-refractivity contribution is -0.135. The molecule has 1 aromatic rings. The van der Waals surface area contributed by atoms with E-state index in [1.807, 2.05) is 0 Å². The van der Waals surface area contributed by atoms with Gasteiger partial charge in [-0.2, -0.15) is 13.2 Å². The van der Waals surface area contributed by atoms with E-state index in [1.165, 1.54) is 0 Å². The van der Waals surface area contributed by atoms with Gasteiger partial charge in [-0.3, -0.25) is 4.79 Å². The number of rotatable bonds is 4. The van der Waals surface area contributed by atoms with Crippen molar-refractivity contribution in [3.63, 3.8) is 0 Å². The zero-order valence-electron chi connectivity index (χ0n) is 9.22. The highest BCUT2D eigenvalue weighted by Gasteiger charge is 2.26. The molecular weight excluding hydrogens is 331 g/mol. The number of alkyl halides is 3. The minimum atomic E-state index is -4.18. The van der Waals surface area contributed by atoms with Gasteiger partial charge in [-0.1, -0.05) is 0 Å². The lowest BCUT2D eigenvalue weighted by atomic mass is 10.2. The molecule has 0 aliphatic carbocycles. The number of nitrogens with one attached hydrogen (secondary N) is 1. The lowest BCUT2D eigenvalue weighted by Crippen LogP contribution is -2.25. The molecule has 1 amide bonds. The number of halogens is 4. The van der Waals surface area contributed by atoms with Crippen LogP contribution in [0.1, 0.15) is 23.2 Å². The van der Waals surface area contributed by atoms with Crippen LogP contribution >= 0.6 is 28.6 Å². The predicted molar refractivity (Wildman–Crippen MR) is 69.0 cm³/mol. The second-order valence-corrected chi connectivity index (χ2v) is 5.01. The Hall–Kier alpha value is -0.690. The highest BCUT2D eigenvalue weighted by molar-refractivity contribution is 9.10. The molecule has 0 radical (unpaired) electrons. The van der Waals surface area contributed by atoms with E-state index in [0.717, 1.165) is 0 Å². The van der Waals surface area contributed by atoms with Crippen molar-refractivity contribution in [1.29, 1.82) is 0 Å². The highest BCUT2D eigenvalue weighted by Crippen LogP contribution is 2.22. The maximum absolute atomic E-state index is 11.9. The van der Waals surface area contributed by atoms with Crippen LogP contribution in [0.3, 0.4) is 0 Å². The SMILES string of the molecule is O=C(NCCCC(F)(F)F)c1cc(S)ccc1Br. The van der Waals surface area contributed by atoms with Crippen LogP contribution in [0.25, 0.3) is 0 Å². The molecule has 18 heavy (non-hydrogen) atoms. The Morgan fingerprint density at radius 1 is 1.39 bits per heavy atom. The standard InChI is InChI=1S/C11H11BrF3NOS/c12-9-3-2-7(18)6-8(9)10(17)16-5-1-4-11(13,14)15/h2-3,6,18H,1,4-5H2,(H,16,17). The van der Waals surface area contributed by atoms with E-state index >= 15 is 0 Å². The van der Waals surface area contributed by atoms with Gasteiger partial charge < -0.3 is 5.32 Å². The molecule has 0 unspecified atom stereocenters. The molecule has 1 N–H and O–H groups in total. The summed E-state index contributed by atoms with van der Waals surface area (Å²) in [5.74, 6) is -0.417. The molecule has 1 rings (SSSR count). The molecule has 2 nitrogen and oxygen atoms in total. The minimum Gasteiger partial charge on any atom is -0.352 e. The van der Waals surface area contributed by atoms with Gasteiger partial charge in [0, 0.05) is 22.3 Å². The van der Waals surface area contributed by atoms with E-state index in [2.05, 4.69) is 33.9 Å². The van der Waals surface area contributed by atoms with Crippen molar-refractivity contribution in [3.05, 3.63) is 28.2 Å². The van der Waals surface area contributed by atoms with E-state index in [4.69, 9.17) is 0 Å². The van der Waals surface area contributed by atoms with Gasteiger partial charge in [0.2, 0.25) is 0 Å². The van der Waals surface area contributed by atoms with Crippen molar-refractivity contribution in [2.24, 2.45) is 0 Å². The summed E-state index contributed by atoms with van der Waals surface area (Å²) in [6.07, 6.45) is -5.22. The average Bonchev–Trinajstić information content (AvgIpc) is 2.26. The number of thiol groups is 1. The van der Waals surface area contributed by atoms with Crippen LogP contribution in [0.2, 0.25) is 0 Å². The molecule has 0 aliphatic rings. The van der Waals surface area contributed by atoms with E-state index in [1.54, 1.807) is 18.2 Å². The summed E-state index contributed by atoms with van der Waals surface area (Å²) in [4.78, 5) is 12.3. The monoisotopic (exact) mass is 341 g/mol. The van der Waals surface area contributed by atoms with Crippen LogP contribution in [0.5, 0.6) is 0 Å². The zero-order chi connectivity index (χ0) is 13.8. The first-order valence-electron chi connectivity index (χ1n) is 5.13. The van der Waals surface area contributed by atoms with Crippen molar-refractivity contribution in [3.8, 4) is 0 Å². The van der Waals surface area contributed by atoms with Gasteiger partial charge >= 0.3 is 6.18 Å². The van der Waals surface area contributed by atoms with Crippen LogP contribution < -0.4 is 5.32 Å². The second kappa shape index (κ2) is 6.47. The van der Waals surface area contributed by atoms with Crippen LogP contribution in [-0.2, 0) is 0 Å². The Labute approximate surface area is 116 Å². The molecule has 0 aromatic heterocycles. The normalized spacial score (nSPS) is 11.4. The first-order valence-corrected chi connectivity index (χ1v) is 6.37. The molecule has 0 atom stereocenters. The van der Waals surface area contributed by atoms with Crippen molar-refractivity contribution >= 4 is 34.5 Å². The molecule has 0 saturated heterocycles. The van der Waals surface area contributed by atoms with Crippen molar-refractivity contribution in [1.82, 2.24) is 5.32 Å². The molecule has 0 bridgehead atoms. The first-order chi connectivity index (χ1) is 8.29. The zero-order valence-corrected chi connectivity index (χ0v) is 11.7. The maximum atomic E-state index is 11.9. The fourth-order valence-electron chi connectivity index (χ4n) is 1.27. The van der Waals surface area contributed by atoms with Crippen molar-refractivity contribution in [2.45, 2.75) is 23.9 Å². The van der Waals surface area contributed by atoms with Gasteiger partial charge in [0.15, 0.2) is 0 Å². The largest absolute Gasteiger partial charge is 0.389 e. The summed E-state index contributed by atoms with van der Waals surface area (Å²) < 4.78 is 36.2. The average molecular weight is 342 g/mol. The molecular formula is C11H11BrF3NOS. The number of carbonyl (C=O) groups excluding carboxylic acids is 1. The Balaban J connectivity index is 2.48. The molecule has 0 heterocycles. The maximum Gasteiger partial charge on any atom is 0.389 e. The fraction of sp³-hybridized carbons (Fsp3) is 0.364. The summed E-state index contributed by atoms with van der Waals surface area (Å²) in [6, 6.07) is 4.91. The van der Waals surface area contributed by atoms with Gasteiger partial charge in [0.05, 0.1) is 5.56 Å². The van der Waals surface area contributed by atoms with Crippen LogP contribution in [0, 0.1) is 0 Å². The second-order valence-electron chi connectivity index (χ2n) is 3.64. The van der Waals surface area contributed by atoms with E-state index in [0.29, 0.717) is 14.9 Å². The smallest absolute Gasteiger partial charge is 0.352 e. The summed E-state index contributed by atoms with van der Waals surface area (Å²) in [5.41, 5.74) is 0.356. The Morgan fingerprint density at radius 3 is 2.67 bits per heavy atom. The summed E-state index contributed by atoms with van der Waals surface area (Å²) >= 11 is 7.29. The third-order valence-corrected chi connectivity index (χ3v) is 3.09. The number of carbonyl (C=O) groups is 1. The van der Waals surface area contributed by atoms with E-state index in [9.17, 15) is 18.0 Å². The van der Waals surface area contributed by atoms with Crippen molar-refractivity contribution < 1.29 is 18.0 Å². The molecule has 1 aromatic carbocycles. The quantitative estimate of drug-likeness (QED) is 0.632. The van der Waals surface area contributed by atoms with E-state index < -0.39 is 18.5 Å². The minimum absolute atomic E-state index is 0.0123. The fourth-order valence-corrected chi connectivity index (χ4v) is 1.90. The molecule has 0 saturated carbocycles. The topological polar surface area (TPSA) is 29.1 Å². The van der Waals surface area contributed by atoms with Crippen LogP contribution in [0.4, 0.5) is 13.2 Å². The summed E-state index contributed by atoms with van der Waals surface area (Å²) in [7, 11) is 0. The number of hydrogen-bond donors (Lipinski definition) is 2. The van der Waals surface area contributed by atoms with Crippen molar-refractivity contribution in [2.75, 3.05) is 6.54 Å². The van der Waals surface area contributed by atoms with E-state index in [-0.39, 0.29) is 13.0 Å². The molecule has 0 spiro atoms. The Morgan fingerprint density at radius 2 is 2.06 bits per heavy atom. The third-order valence-electron chi connectivity index (χ3n) is 2.12. The van der Waals surface area contributed by atoms with Gasteiger partial charge in [-0.05, 0) is 40.5 Å². The number of hydrogen-bond acceptors (Lipinski definition) is 2. The molecule has 7 heteroatoms. The highest BCUT2D eigenvalue weighted by atomic mass is 79.9. The molecule has 0 aliphatic heterocycles. The van der Waals surface area contributed by atoms with Gasteiger partial charge in [-0.15, -0.1) is 12.6 Å². The lowest BCUT2D eigenvalue weighted by Gasteiger charge is -2.09. The summed E-state index contributed by atoms with van der Waals surface area (Å²) in [6.45, 7) is -0.0123. The van der Waals surface area contributed by atoms with Gasteiger partial charge in [0.1, 0.15) is 0 Å².